The minimum absolute atomic E-state index is 0.0467. The van der Waals surface area contributed by atoms with Crippen molar-refractivity contribution in [3.05, 3.63) is 102 Å². The fraction of sp³-hybridized carbons (Fsp3) is 0.362. The van der Waals surface area contributed by atoms with Crippen molar-refractivity contribution in [3.8, 4) is 39.5 Å². The highest BCUT2D eigenvalue weighted by Crippen LogP contribution is 2.48. The summed E-state index contributed by atoms with van der Waals surface area (Å²) in [5.41, 5.74) is 5.13. The average molecular weight is 842 g/mol. The van der Waals surface area contributed by atoms with Crippen LogP contribution in [0.25, 0.3) is 54.8 Å². The van der Waals surface area contributed by atoms with Gasteiger partial charge in [0, 0.05) is 39.7 Å². The Morgan fingerprint density at radius 1 is 0.803 bits per heavy atom. The molecule has 10 rings (SSSR count). The van der Waals surface area contributed by atoms with E-state index in [0.717, 1.165) is 79.4 Å². The van der Waals surface area contributed by atoms with Crippen LogP contribution in [-0.4, -0.2) is 77.0 Å². The first-order valence-corrected chi connectivity index (χ1v) is 21.7. The Morgan fingerprint density at radius 3 is 2.20 bits per heavy atom. The second-order valence-electron chi connectivity index (χ2n) is 18.2. The van der Waals surface area contributed by atoms with Crippen LogP contribution in [0.3, 0.4) is 0 Å². The molecule has 0 aliphatic carbocycles. The summed E-state index contributed by atoms with van der Waals surface area (Å²) in [5.74, 6) is 1.97. The number of H-pyrrole nitrogens is 2. The Balaban J connectivity index is 0.993. The molecule has 3 aliphatic heterocycles. The number of aromatic amines is 2. The summed E-state index contributed by atoms with van der Waals surface area (Å²) in [6.07, 6.45) is 2.90. The van der Waals surface area contributed by atoms with Gasteiger partial charge in [0.15, 0.2) is 0 Å². The number of carbonyl (C=O) groups is 2. The second-order valence-corrected chi connectivity index (χ2v) is 19.3. The van der Waals surface area contributed by atoms with E-state index in [2.05, 4.69) is 74.1 Å². The predicted octanol–water partition coefficient (Wildman–Crippen LogP) is 11.3. The number of nitrogens with zero attached hydrogens (tertiary/aromatic N) is 5. The number of amides is 2. The lowest BCUT2D eigenvalue weighted by Crippen LogP contribution is -2.37. The number of hydrogen-bond acceptors (Lipinski definition) is 8. The molecular weight excluding hydrogens is 794 g/mol. The van der Waals surface area contributed by atoms with Crippen molar-refractivity contribution in [2.75, 3.05) is 13.1 Å². The van der Waals surface area contributed by atoms with Gasteiger partial charge >= 0.3 is 12.2 Å². The monoisotopic (exact) mass is 841 g/mol. The Morgan fingerprint density at radius 2 is 1.48 bits per heavy atom. The third kappa shape index (κ3) is 7.30. The van der Waals surface area contributed by atoms with Gasteiger partial charge in [-0.3, -0.25) is 14.4 Å². The Labute approximate surface area is 356 Å². The largest absolute Gasteiger partial charge is 0.464 e. The SMILES string of the molecule is CC(C)(C)OC(=O)N1CCCC1c1ncc(-c2ccc3c(c2)cc2n3C(c3cc4ccccc4s3)Oc3cc(-c4cnc(C5CC(F)CN5C(=O)OC(C)(C)C)[nH]4)ccc3-2)[nH]1. The van der Waals surface area contributed by atoms with Gasteiger partial charge in [0.2, 0.25) is 6.23 Å². The Bertz CT molecular complexity index is 2790. The Hall–Kier alpha value is -6.15. The highest BCUT2D eigenvalue weighted by molar-refractivity contribution is 7.19. The summed E-state index contributed by atoms with van der Waals surface area (Å²) in [5, 5.41) is 2.20. The number of imidazole rings is 2. The van der Waals surface area contributed by atoms with E-state index in [1.54, 1.807) is 43.2 Å². The lowest BCUT2D eigenvalue weighted by molar-refractivity contribution is 0.0204. The summed E-state index contributed by atoms with van der Waals surface area (Å²) in [6, 6.07) is 24.5. The number of halogens is 1. The first kappa shape index (κ1) is 39.0. The first-order valence-electron chi connectivity index (χ1n) is 20.8. The van der Waals surface area contributed by atoms with Crippen molar-refractivity contribution in [2.45, 2.75) is 96.5 Å². The van der Waals surface area contributed by atoms with Crippen LogP contribution in [0, 0.1) is 0 Å². The van der Waals surface area contributed by atoms with Crippen molar-refractivity contribution in [2.24, 2.45) is 0 Å². The molecule has 2 fully saturated rings. The van der Waals surface area contributed by atoms with Gasteiger partial charge in [-0.15, -0.1) is 11.3 Å². The van der Waals surface area contributed by atoms with Crippen LogP contribution in [0.2, 0.25) is 0 Å². The third-order valence-corrected chi connectivity index (χ3v) is 12.6. The summed E-state index contributed by atoms with van der Waals surface area (Å²) in [6.45, 7) is 11.6. The minimum Gasteiger partial charge on any atom is -0.464 e. The van der Waals surface area contributed by atoms with E-state index < -0.39 is 35.7 Å². The van der Waals surface area contributed by atoms with Gasteiger partial charge in [0.05, 0.1) is 58.5 Å². The highest BCUT2D eigenvalue weighted by atomic mass is 32.1. The predicted molar refractivity (Wildman–Crippen MR) is 233 cm³/mol. The van der Waals surface area contributed by atoms with E-state index >= 15 is 0 Å². The van der Waals surface area contributed by atoms with Crippen molar-refractivity contribution < 1.29 is 28.2 Å². The molecule has 4 atom stereocenters. The molecule has 4 aromatic heterocycles. The summed E-state index contributed by atoms with van der Waals surface area (Å²) in [7, 11) is 0. The standard InChI is InChI=1S/C47H48FN7O5S/c1-46(2,3)59-44(56)53-17-9-11-35(53)41-49-23-32(51-41)26-14-16-34-29(18-26)19-36-31-15-13-27(20-38(31)58-43(55(34)36)40-21-28-10-7-8-12-39(28)61-40)33-24-50-42(52-33)37-22-30(48)25-54(37)45(57)60-47(4,5)6/h7-8,10,12-16,18-21,23-24,30,35,37,43H,9,11,17,22,25H2,1-6H3,(H,49,51)(H,50,52). The van der Waals surface area contributed by atoms with E-state index in [4.69, 9.17) is 19.2 Å². The first-order chi connectivity index (χ1) is 29.2. The molecule has 14 heteroatoms. The van der Waals surface area contributed by atoms with Crippen LogP contribution >= 0.6 is 11.3 Å². The van der Waals surface area contributed by atoms with E-state index in [-0.39, 0.29) is 25.1 Å². The number of thiophene rings is 1. The molecule has 12 nitrogen and oxygen atoms in total. The zero-order valence-corrected chi connectivity index (χ0v) is 35.8. The molecule has 0 saturated carbocycles. The number of fused-ring (bicyclic) bond motifs is 6. The molecule has 2 N–H and O–H groups in total. The number of nitrogens with one attached hydrogen (secondary N) is 2. The lowest BCUT2D eigenvalue weighted by Gasteiger charge is -2.29. The van der Waals surface area contributed by atoms with Crippen molar-refractivity contribution in [1.82, 2.24) is 34.3 Å². The number of rotatable bonds is 5. The van der Waals surface area contributed by atoms with Crippen molar-refractivity contribution in [1.29, 1.82) is 0 Å². The summed E-state index contributed by atoms with van der Waals surface area (Å²) < 4.78 is 36.6. The number of hydrogen-bond donors (Lipinski definition) is 2. The highest BCUT2D eigenvalue weighted by Gasteiger charge is 2.41. The zero-order chi connectivity index (χ0) is 42.4. The zero-order valence-electron chi connectivity index (χ0n) is 35.0. The lowest BCUT2D eigenvalue weighted by atomic mass is 10.0. The van der Waals surface area contributed by atoms with Gasteiger partial charge < -0.3 is 24.2 Å². The third-order valence-electron chi connectivity index (χ3n) is 11.5. The maximum absolute atomic E-state index is 14.8. The quantitative estimate of drug-likeness (QED) is 0.176. The van der Waals surface area contributed by atoms with Gasteiger partial charge in [0.1, 0.15) is 34.8 Å². The van der Waals surface area contributed by atoms with Crippen molar-refractivity contribution in [3.63, 3.8) is 0 Å². The van der Waals surface area contributed by atoms with Crippen LogP contribution in [0.15, 0.2) is 85.2 Å². The molecular formula is C47H48FN7O5S. The molecule has 314 valence electrons. The average Bonchev–Trinajstić information content (AvgIpc) is 4.05. The molecule has 0 radical (unpaired) electrons. The molecule has 7 heterocycles. The molecule has 2 saturated heterocycles. The van der Waals surface area contributed by atoms with E-state index in [9.17, 15) is 14.0 Å². The number of likely N-dealkylation sites (tertiary alicyclic amines) is 2. The van der Waals surface area contributed by atoms with Gasteiger partial charge in [0.25, 0.3) is 0 Å². The van der Waals surface area contributed by atoms with Gasteiger partial charge in [-0.1, -0.05) is 30.3 Å². The molecule has 61 heavy (non-hydrogen) atoms. The number of aromatic nitrogens is 5. The fourth-order valence-electron chi connectivity index (χ4n) is 8.81. The maximum Gasteiger partial charge on any atom is 0.411 e. The van der Waals surface area contributed by atoms with Crippen LogP contribution in [0.1, 0.15) is 95.6 Å². The smallest absolute Gasteiger partial charge is 0.411 e. The van der Waals surface area contributed by atoms with Crippen LogP contribution in [-0.2, 0) is 9.47 Å². The number of carbonyl (C=O) groups excluding carboxylic acids is 2. The second kappa shape index (κ2) is 14.5. The fourth-order valence-corrected chi connectivity index (χ4v) is 9.89. The van der Waals surface area contributed by atoms with Gasteiger partial charge in [-0.05, 0) is 102 Å². The van der Waals surface area contributed by atoms with Crippen LogP contribution in [0.4, 0.5) is 14.0 Å². The molecule has 7 aromatic rings. The van der Waals surface area contributed by atoms with Gasteiger partial charge in [-0.25, -0.2) is 23.9 Å². The number of ether oxygens (including phenoxy) is 3. The molecule has 2 amide bonds. The minimum atomic E-state index is -1.18. The topological polar surface area (TPSA) is 131 Å². The normalized spacial score (nSPS) is 20.2. The number of benzene rings is 3. The van der Waals surface area contributed by atoms with Crippen LogP contribution in [0.5, 0.6) is 5.75 Å². The molecule has 3 aliphatic rings. The van der Waals surface area contributed by atoms with Gasteiger partial charge in [-0.2, -0.15) is 0 Å². The molecule has 3 aromatic carbocycles. The summed E-state index contributed by atoms with van der Waals surface area (Å²) in [4.78, 5) is 46.7. The molecule has 0 bridgehead atoms. The summed E-state index contributed by atoms with van der Waals surface area (Å²) >= 11 is 1.71. The number of alkyl halides is 1. The van der Waals surface area contributed by atoms with E-state index in [0.29, 0.717) is 12.4 Å². The van der Waals surface area contributed by atoms with E-state index in [1.807, 2.05) is 45.2 Å². The molecule has 0 spiro atoms. The Kier molecular flexibility index (Phi) is 9.27. The van der Waals surface area contributed by atoms with Crippen molar-refractivity contribution >= 4 is 44.5 Å². The maximum atomic E-state index is 14.8. The molecule has 4 unspecified atom stereocenters. The van der Waals surface area contributed by atoms with Crippen LogP contribution < -0.4 is 4.74 Å². The van der Waals surface area contributed by atoms with E-state index in [1.165, 1.54) is 9.60 Å².